The fourth-order valence-corrected chi connectivity index (χ4v) is 3.93. The van der Waals surface area contributed by atoms with E-state index in [1.165, 1.54) is 13.2 Å². The molecule has 0 saturated heterocycles. The highest BCUT2D eigenvalue weighted by Crippen LogP contribution is 2.31. The second-order valence-corrected chi connectivity index (χ2v) is 8.95. The molecule has 2 atom stereocenters. The number of phenolic OH excluding ortho intramolecular Hbond substituents is 1. The SMILES string of the molecule is CNCC(C)CCCCCC(=O)CC(=O)C=Cc1cc(OC)c(O)cc1CC1=CNC(N)C=C1. The summed E-state index contributed by atoms with van der Waals surface area (Å²) in [5, 5.41) is 16.4. The maximum Gasteiger partial charge on any atom is 0.163 e. The molecular formula is C27H39N3O4. The highest BCUT2D eigenvalue weighted by Gasteiger charge is 2.12. The Hall–Kier alpha value is -2.90. The summed E-state index contributed by atoms with van der Waals surface area (Å²) >= 11 is 0. The summed E-state index contributed by atoms with van der Waals surface area (Å²) < 4.78 is 5.22. The van der Waals surface area contributed by atoms with Crippen molar-refractivity contribution in [1.82, 2.24) is 10.6 Å². The molecule has 0 aromatic heterocycles. The zero-order valence-corrected chi connectivity index (χ0v) is 20.6. The van der Waals surface area contributed by atoms with Gasteiger partial charge in [0.15, 0.2) is 17.3 Å². The van der Waals surface area contributed by atoms with Crippen LogP contribution in [0.15, 0.2) is 42.1 Å². The van der Waals surface area contributed by atoms with Gasteiger partial charge in [0.25, 0.3) is 0 Å². The van der Waals surface area contributed by atoms with Gasteiger partial charge in [-0.25, -0.2) is 0 Å². The minimum absolute atomic E-state index is 0.0265. The van der Waals surface area contributed by atoms with Crippen LogP contribution in [0.25, 0.3) is 6.08 Å². The maximum atomic E-state index is 12.4. The van der Waals surface area contributed by atoms with Crippen LogP contribution >= 0.6 is 0 Å². The molecule has 1 aromatic carbocycles. The molecule has 0 spiro atoms. The van der Waals surface area contributed by atoms with Crippen LogP contribution in [0.5, 0.6) is 11.5 Å². The number of carbonyl (C=O) groups excluding carboxylic acids is 2. The van der Waals surface area contributed by atoms with Crippen LogP contribution in [0.1, 0.15) is 56.6 Å². The quantitative estimate of drug-likeness (QED) is 0.176. The van der Waals surface area contributed by atoms with Crippen molar-refractivity contribution >= 4 is 17.6 Å². The molecule has 2 rings (SSSR count). The Kier molecular flexibility index (Phi) is 11.6. The van der Waals surface area contributed by atoms with Crippen molar-refractivity contribution < 1.29 is 19.4 Å². The summed E-state index contributed by atoms with van der Waals surface area (Å²) in [6.07, 6.45) is 13.5. The van der Waals surface area contributed by atoms with E-state index in [2.05, 4.69) is 17.6 Å². The van der Waals surface area contributed by atoms with Gasteiger partial charge >= 0.3 is 0 Å². The van der Waals surface area contributed by atoms with Crippen LogP contribution in [0.4, 0.5) is 0 Å². The molecule has 1 aliphatic heterocycles. The second-order valence-electron chi connectivity index (χ2n) is 8.95. The number of hydrogen-bond acceptors (Lipinski definition) is 7. The van der Waals surface area contributed by atoms with Crippen LogP contribution in [0.3, 0.4) is 0 Å². The van der Waals surface area contributed by atoms with E-state index in [4.69, 9.17) is 10.5 Å². The molecule has 1 heterocycles. The summed E-state index contributed by atoms with van der Waals surface area (Å²) in [6.45, 7) is 3.23. The Morgan fingerprint density at radius 3 is 2.76 bits per heavy atom. The molecular weight excluding hydrogens is 430 g/mol. The monoisotopic (exact) mass is 469 g/mol. The predicted molar refractivity (Wildman–Crippen MR) is 137 cm³/mol. The van der Waals surface area contributed by atoms with E-state index >= 15 is 0 Å². The lowest BCUT2D eigenvalue weighted by atomic mass is 9.97. The summed E-state index contributed by atoms with van der Waals surface area (Å²) in [5.41, 5.74) is 8.36. The topological polar surface area (TPSA) is 114 Å². The molecule has 0 fully saturated rings. The number of ketones is 2. The third-order valence-electron chi connectivity index (χ3n) is 5.84. The van der Waals surface area contributed by atoms with Crippen molar-refractivity contribution in [3.63, 3.8) is 0 Å². The molecule has 1 aromatic rings. The van der Waals surface area contributed by atoms with Crippen molar-refractivity contribution in [2.45, 2.75) is 58.0 Å². The van der Waals surface area contributed by atoms with Gasteiger partial charge < -0.3 is 26.2 Å². The largest absolute Gasteiger partial charge is 0.504 e. The highest BCUT2D eigenvalue weighted by atomic mass is 16.5. The first-order valence-corrected chi connectivity index (χ1v) is 12.0. The van der Waals surface area contributed by atoms with E-state index in [1.54, 1.807) is 18.2 Å². The molecule has 1 aliphatic rings. The average molecular weight is 470 g/mol. The van der Waals surface area contributed by atoms with Crippen LogP contribution in [0.2, 0.25) is 0 Å². The zero-order chi connectivity index (χ0) is 24.9. The lowest BCUT2D eigenvalue weighted by Gasteiger charge is -2.16. The summed E-state index contributed by atoms with van der Waals surface area (Å²) in [6, 6.07) is 3.33. The van der Waals surface area contributed by atoms with E-state index in [0.717, 1.165) is 48.9 Å². The zero-order valence-electron chi connectivity index (χ0n) is 20.6. The molecule has 0 amide bonds. The number of benzene rings is 1. The number of Topliss-reactive ketones (excluding diaryl/α,β-unsaturated/α-hetero) is 1. The van der Waals surface area contributed by atoms with Crippen LogP contribution in [-0.4, -0.2) is 43.5 Å². The third-order valence-corrected chi connectivity index (χ3v) is 5.84. The normalized spacial score (nSPS) is 16.2. The number of aromatic hydroxyl groups is 1. The number of nitrogens with one attached hydrogen (secondary N) is 2. The van der Waals surface area contributed by atoms with E-state index in [-0.39, 0.29) is 29.9 Å². The van der Waals surface area contributed by atoms with Gasteiger partial charge in [0.05, 0.1) is 19.7 Å². The number of hydrogen-bond donors (Lipinski definition) is 4. The van der Waals surface area contributed by atoms with Gasteiger partial charge in [-0.1, -0.05) is 31.9 Å². The van der Waals surface area contributed by atoms with Crippen LogP contribution < -0.4 is 21.1 Å². The van der Waals surface area contributed by atoms with Gasteiger partial charge in [-0.15, -0.1) is 0 Å². The van der Waals surface area contributed by atoms with Crippen molar-refractivity contribution in [3.05, 3.63) is 53.3 Å². The molecule has 2 unspecified atom stereocenters. The van der Waals surface area contributed by atoms with Gasteiger partial charge in [-0.2, -0.15) is 0 Å². The first-order valence-electron chi connectivity index (χ1n) is 12.0. The first kappa shape index (κ1) is 27.3. The number of phenols is 1. The Balaban J connectivity index is 1.92. The van der Waals surface area contributed by atoms with Crippen molar-refractivity contribution in [3.8, 4) is 11.5 Å². The van der Waals surface area contributed by atoms with Gasteiger partial charge in [-0.3, -0.25) is 9.59 Å². The van der Waals surface area contributed by atoms with E-state index in [1.807, 2.05) is 25.4 Å². The number of carbonyl (C=O) groups is 2. The van der Waals surface area contributed by atoms with Crippen LogP contribution in [0, 0.1) is 5.92 Å². The van der Waals surface area contributed by atoms with Gasteiger partial charge in [0, 0.05) is 12.6 Å². The number of nitrogens with two attached hydrogens (primary N) is 1. The summed E-state index contributed by atoms with van der Waals surface area (Å²) in [4.78, 5) is 24.6. The average Bonchev–Trinajstić information content (AvgIpc) is 2.80. The minimum atomic E-state index is -0.227. The molecule has 34 heavy (non-hydrogen) atoms. The third kappa shape index (κ3) is 9.53. The fraction of sp³-hybridized carbons (Fsp3) is 0.481. The number of methoxy groups -OCH3 is 1. The van der Waals surface area contributed by atoms with E-state index < -0.39 is 0 Å². The van der Waals surface area contributed by atoms with Gasteiger partial charge in [0.2, 0.25) is 0 Å². The standard InChI is InChI=1S/C27H39N3O4/c1-19(17-29-2)7-5-4-6-8-23(31)16-24(32)11-10-21-15-26(34-3)25(33)14-22(21)13-20-9-12-27(28)30-18-20/h9-12,14-15,18-19,27,29-30,33H,4-8,13,16-17,28H2,1-3H3. The van der Waals surface area contributed by atoms with E-state index in [0.29, 0.717) is 24.5 Å². The molecule has 0 saturated carbocycles. The number of dihydropyridines is 1. The van der Waals surface area contributed by atoms with Crippen molar-refractivity contribution in [2.75, 3.05) is 20.7 Å². The van der Waals surface area contributed by atoms with Gasteiger partial charge in [0.1, 0.15) is 5.78 Å². The summed E-state index contributed by atoms with van der Waals surface area (Å²) in [7, 11) is 3.43. The minimum Gasteiger partial charge on any atom is -0.504 e. The predicted octanol–water partition coefficient (Wildman–Crippen LogP) is 3.62. The molecule has 186 valence electrons. The number of rotatable bonds is 15. The van der Waals surface area contributed by atoms with Gasteiger partial charge in [-0.05, 0) is 79.8 Å². The first-order chi connectivity index (χ1) is 16.3. The Labute approximate surface area is 203 Å². The highest BCUT2D eigenvalue weighted by molar-refractivity contribution is 6.06. The number of ether oxygens (including phenoxy) is 1. The molecule has 7 nitrogen and oxygen atoms in total. The van der Waals surface area contributed by atoms with E-state index in [9.17, 15) is 14.7 Å². The Morgan fingerprint density at radius 2 is 2.09 bits per heavy atom. The maximum absolute atomic E-state index is 12.4. The van der Waals surface area contributed by atoms with Crippen molar-refractivity contribution in [2.24, 2.45) is 11.7 Å². The Morgan fingerprint density at radius 1 is 1.29 bits per heavy atom. The lowest BCUT2D eigenvalue weighted by Crippen LogP contribution is -2.33. The molecule has 0 bridgehead atoms. The van der Waals surface area contributed by atoms with Crippen molar-refractivity contribution in [1.29, 1.82) is 0 Å². The smallest absolute Gasteiger partial charge is 0.163 e. The Bertz CT molecular complexity index is 921. The lowest BCUT2D eigenvalue weighted by molar-refractivity contribution is -0.124. The molecule has 5 N–H and O–H groups in total. The molecule has 0 radical (unpaired) electrons. The molecule has 7 heteroatoms. The van der Waals surface area contributed by atoms with Crippen LogP contribution in [-0.2, 0) is 16.0 Å². The summed E-state index contributed by atoms with van der Waals surface area (Å²) in [5.74, 6) is 0.734. The fourth-order valence-electron chi connectivity index (χ4n) is 3.93. The molecule has 0 aliphatic carbocycles. The number of allylic oxidation sites excluding steroid dienone is 3. The number of unbranched alkanes of at least 4 members (excludes halogenated alkanes) is 2. The second kappa shape index (κ2) is 14.4.